The van der Waals surface area contributed by atoms with Crippen LogP contribution < -0.4 is 4.90 Å². The van der Waals surface area contributed by atoms with E-state index in [4.69, 9.17) is 0 Å². The molecule has 3 aromatic carbocycles. The van der Waals surface area contributed by atoms with E-state index in [-0.39, 0.29) is 11.8 Å². The summed E-state index contributed by atoms with van der Waals surface area (Å²) in [5.74, 6) is -0.408. The molecule has 0 saturated carbocycles. The van der Waals surface area contributed by atoms with Gasteiger partial charge in [0.25, 0.3) is 11.8 Å². The number of nitrogens with zero attached hydrogens (tertiary/aromatic N) is 3. The van der Waals surface area contributed by atoms with Crippen molar-refractivity contribution in [3.05, 3.63) is 101 Å². The Morgan fingerprint density at radius 2 is 1.27 bits per heavy atom. The molecule has 0 bridgehead atoms. The molecule has 0 spiro atoms. The van der Waals surface area contributed by atoms with Crippen LogP contribution in [0.2, 0.25) is 0 Å². The van der Waals surface area contributed by atoms with E-state index in [0.29, 0.717) is 17.7 Å². The van der Waals surface area contributed by atoms with Crippen LogP contribution in [0.1, 0.15) is 37.4 Å². The van der Waals surface area contributed by atoms with Crippen molar-refractivity contribution in [1.29, 1.82) is 0 Å². The fourth-order valence-electron chi connectivity index (χ4n) is 4.65. The number of fused-ring (bicyclic) bond motifs is 1. The highest BCUT2D eigenvalue weighted by molar-refractivity contribution is 6.21. The number of benzene rings is 3. The summed E-state index contributed by atoms with van der Waals surface area (Å²) in [6.45, 7) is 7.74. The fraction of sp³-hybridized carbons (Fsp3) is 0.286. The lowest BCUT2D eigenvalue weighted by atomic mass is 10.1. The second kappa shape index (κ2) is 9.20. The number of aryl methyl sites for hydroxylation is 1. The van der Waals surface area contributed by atoms with Crippen LogP contribution in [-0.2, 0) is 13.0 Å². The van der Waals surface area contributed by atoms with Crippen LogP contribution in [0.15, 0.2) is 72.8 Å². The predicted octanol–water partition coefficient (Wildman–Crippen LogP) is 4.16. The molecule has 3 aromatic rings. The lowest BCUT2D eigenvalue weighted by Gasteiger charge is -2.36. The lowest BCUT2D eigenvalue weighted by Crippen LogP contribution is -2.47. The van der Waals surface area contributed by atoms with Gasteiger partial charge in [-0.3, -0.25) is 19.4 Å². The standard InChI is InChI=1S/C28H29N3O2/c1-21-6-12-24(13-7-21)30-18-16-29(17-19-30)15-14-22-8-10-23(11-9-22)20-31-27(32)25-4-2-3-5-26(25)28(31)33/h2-13H,14-20H2,1H3. The number of carbonyl (C=O) groups is 2. The molecule has 5 heteroatoms. The zero-order valence-corrected chi connectivity index (χ0v) is 19.0. The van der Waals surface area contributed by atoms with E-state index in [9.17, 15) is 9.59 Å². The molecular formula is C28H29N3O2. The zero-order chi connectivity index (χ0) is 22.8. The topological polar surface area (TPSA) is 43.9 Å². The molecule has 0 unspecified atom stereocenters. The van der Waals surface area contributed by atoms with Gasteiger partial charge < -0.3 is 4.90 Å². The van der Waals surface area contributed by atoms with E-state index in [1.807, 2.05) is 12.1 Å². The number of amides is 2. The normalized spacial score (nSPS) is 16.4. The molecule has 0 atom stereocenters. The average molecular weight is 440 g/mol. The van der Waals surface area contributed by atoms with Gasteiger partial charge in [-0.15, -0.1) is 0 Å². The third-order valence-electron chi connectivity index (χ3n) is 6.73. The van der Waals surface area contributed by atoms with E-state index < -0.39 is 0 Å². The molecule has 168 valence electrons. The summed E-state index contributed by atoms with van der Waals surface area (Å²) in [6.07, 6.45) is 0.998. The van der Waals surface area contributed by atoms with Crippen molar-refractivity contribution < 1.29 is 9.59 Å². The fourth-order valence-corrected chi connectivity index (χ4v) is 4.65. The van der Waals surface area contributed by atoms with Crippen LogP contribution in [0.3, 0.4) is 0 Å². The van der Waals surface area contributed by atoms with Gasteiger partial charge in [0.15, 0.2) is 0 Å². The number of imide groups is 1. The van der Waals surface area contributed by atoms with Gasteiger partial charge in [0.2, 0.25) is 0 Å². The minimum Gasteiger partial charge on any atom is -0.369 e. The molecule has 33 heavy (non-hydrogen) atoms. The Bertz CT molecular complexity index is 1110. The SMILES string of the molecule is Cc1ccc(N2CCN(CCc3ccc(CN4C(=O)c5ccccc5C4=O)cc3)CC2)cc1. The van der Waals surface area contributed by atoms with Crippen molar-refractivity contribution in [3.8, 4) is 0 Å². The first kappa shape index (κ1) is 21.4. The lowest BCUT2D eigenvalue weighted by molar-refractivity contribution is 0.0642. The molecule has 0 N–H and O–H groups in total. The maximum Gasteiger partial charge on any atom is 0.261 e. The minimum atomic E-state index is -0.204. The van der Waals surface area contributed by atoms with Crippen molar-refractivity contribution in [2.75, 3.05) is 37.6 Å². The number of piperazine rings is 1. The number of hydrogen-bond acceptors (Lipinski definition) is 4. The van der Waals surface area contributed by atoms with E-state index in [1.165, 1.54) is 21.7 Å². The molecule has 2 aliphatic rings. The minimum absolute atomic E-state index is 0.204. The first-order valence-electron chi connectivity index (χ1n) is 11.7. The van der Waals surface area contributed by atoms with E-state index in [1.54, 1.807) is 24.3 Å². The summed E-state index contributed by atoms with van der Waals surface area (Å²) < 4.78 is 0. The Labute approximate surface area is 195 Å². The van der Waals surface area contributed by atoms with Gasteiger partial charge in [-0.2, -0.15) is 0 Å². The summed E-state index contributed by atoms with van der Waals surface area (Å²) in [6, 6.07) is 24.1. The molecule has 2 amide bonds. The summed E-state index contributed by atoms with van der Waals surface area (Å²) in [4.78, 5) is 31.5. The summed E-state index contributed by atoms with van der Waals surface area (Å²) in [5, 5.41) is 0. The van der Waals surface area contributed by atoms with Gasteiger partial charge >= 0.3 is 0 Å². The van der Waals surface area contributed by atoms with Crippen LogP contribution in [0, 0.1) is 6.92 Å². The average Bonchev–Trinajstić information content (AvgIpc) is 3.09. The van der Waals surface area contributed by atoms with E-state index in [0.717, 1.165) is 44.7 Å². The van der Waals surface area contributed by atoms with Crippen LogP contribution in [0.25, 0.3) is 0 Å². The molecule has 0 aliphatic carbocycles. The Morgan fingerprint density at radius 3 is 1.88 bits per heavy atom. The molecule has 0 radical (unpaired) electrons. The number of anilines is 1. The van der Waals surface area contributed by atoms with Crippen molar-refractivity contribution in [2.24, 2.45) is 0 Å². The van der Waals surface area contributed by atoms with Gasteiger partial charge in [-0.25, -0.2) is 0 Å². The molecule has 2 aliphatic heterocycles. The predicted molar refractivity (Wildman–Crippen MR) is 131 cm³/mol. The third-order valence-corrected chi connectivity index (χ3v) is 6.73. The first-order valence-corrected chi connectivity index (χ1v) is 11.7. The highest BCUT2D eigenvalue weighted by Gasteiger charge is 2.34. The number of carbonyl (C=O) groups excluding carboxylic acids is 2. The van der Waals surface area contributed by atoms with Gasteiger partial charge in [-0.05, 0) is 48.7 Å². The Morgan fingerprint density at radius 1 is 0.697 bits per heavy atom. The molecule has 5 nitrogen and oxygen atoms in total. The van der Waals surface area contributed by atoms with Crippen molar-refractivity contribution in [1.82, 2.24) is 9.80 Å². The van der Waals surface area contributed by atoms with Crippen LogP contribution in [-0.4, -0.2) is 54.3 Å². The zero-order valence-electron chi connectivity index (χ0n) is 19.0. The largest absolute Gasteiger partial charge is 0.369 e. The molecule has 2 heterocycles. The van der Waals surface area contributed by atoms with Gasteiger partial charge in [0.1, 0.15) is 0 Å². The smallest absolute Gasteiger partial charge is 0.261 e. The van der Waals surface area contributed by atoms with Gasteiger partial charge in [0, 0.05) is 38.4 Å². The highest BCUT2D eigenvalue weighted by atomic mass is 16.2. The number of rotatable bonds is 6. The van der Waals surface area contributed by atoms with Crippen LogP contribution in [0.5, 0.6) is 0 Å². The maximum absolute atomic E-state index is 12.6. The van der Waals surface area contributed by atoms with Gasteiger partial charge in [-0.1, -0.05) is 54.1 Å². The van der Waals surface area contributed by atoms with Crippen molar-refractivity contribution in [3.63, 3.8) is 0 Å². The first-order chi connectivity index (χ1) is 16.1. The van der Waals surface area contributed by atoms with E-state index in [2.05, 4.69) is 53.1 Å². The Hall–Kier alpha value is -3.44. The summed E-state index contributed by atoms with van der Waals surface area (Å²) in [5.41, 5.74) is 5.87. The van der Waals surface area contributed by atoms with E-state index >= 15 is 0 Å². The molecule has 0 aromatic heterocycles. The van der Waals surface area contributed by atoms with Crippen molar-refractivity contribution in [2.45, 2.75) is 19.9 Å². The quantitative estimate of drug-likeness (QED) is 0.541. The summed E-state index contributed by atoms with van der Waals surface area (Å²) in [7, 11) is 0. The summed E-state index contributed by atoms with van der Waals surface area (Å²) >= 11 is 0. The monoisotopic (exact) mass is 439 g/mol. The van der Waals surface area contributed by atoms with Gasteiger partial charge in [0.05, 0.1) is 17.7 Å². The second-order valence-electron chi connectivity index (χ2n) is 8.97. The molecular weight excluding hydrogens is 410 g/mol. The van der Waals surface area contributed by atoms with Crippen LogP contribution >= 0.6 is 0 Å². The maximum atomic E-state index is 12.6. The highest BCUT2D eigenvalue weighted by Crippen LogP contribution is 2.24. The third kappa shape index (κ3) is 4.55. The molecule has 1 fully saturated rings. The Balaban J connectivity index is 1.11. The van der Waals surface area contributed by atoms with Crippen molar-refractivity contribution >= 4 is 17.5 Å². The molecule has 5 rings (SSSR count). The van der Waals surface area contributed by atoms with Crippen LogP contribution in [0.4, 0.5) is 5.69 Å². The molecule has 1 saturated heterocycles. The number of hydrogen-bond donors (Lipinski definition) is 0. The second-order valence-corrected chi connectivity index (χ2v) is 8.97. The Kier molecular flexibility index (Phi) is 5.97.